The van der Waals surface area contributed by atoms with Gasteiger partial charge in [0.15, 0.2) is 0 Å². The van der Waals surface area contributed by atoms with Crippen LogP contribution in [0.25, 0.3) is 10.9 Å². The Morgan fingerprint density at radius 1 is 1.33 bits per heavy atom. The molecule has 1 heterocycles. The van der Waals surface area contributed by atoms with Crippen LogP contribution in [-0.2, 0) is 13.1 Å². The highest BCUT2D eigenvalue weighted by Crippen LogP contribution is 2.21. The first-order valence-electron chi connectivity index (χ1n) is 6.64. The lowest BCUT2D eigenvalue weighted by Crippen LogP contribution is -2.12. The zero-order valence-electron chi connectivity index (χ0n) is 11.2. The number of fused-ring (bicyclic) bond motifs is 1. The molecule has 2 aromatic rings. The molecule has 18 heavy (non-hydrogen) atoms. The smallest absolute Gasteiger partial charge is 0.0483 e. The lowest BCUT2D eigenvalue weighted by atomic mass is 10.1. The fraction of sp³-hybridized carbons (Fsp3) is 0.467. The summed E-state index contributed by atoms with van der Waals surface area (Å²) < 4.78 is 2.23. The van der Waals surface area contributed by atoms with Crippen molar-refractivity contribution in [1.29, 1.82) is 0 Å². The van der Waals surface area contributed by atoms with Crippen molar-refractivity contribution in [3.63, 3.8) is 0 Å². The molecule has 1 atom stereocenters. The van der Waals surface area contributed by atoms with Crippen LogP contribution in [0, 0.1) is 5.92 Å². The lowest BCUT2D eigenvalue weighted by molar-refractivity contribution is 0.224. The number of aliphatic hydroxyl groups is 1. The van der Waals surface area contributed by atoms with Gasteiger partial charge in [-0.05, 0) is 30.2 Å². The first-order valence-corrected chi connectivity index (χ1v) is 6.64. The minimum absolute atomic E-state index is 0.233. The van der Waals surface area contributed by atoms with Gasteiger partial charge in [-0.3, -0.25) is 0 Å². The molecule has 0 bridgehead atoms. The van der Waals surface area contributed by atoms with Crippen LogP contribution in [0.3, 0.4) is 0 Å². The van der Waals surface area contributed by atoms with E-state index in [1.54, 1.807) is 0 Å². The molecule has 3 nitrogen and oxygen atoms in total. The maximum atomic E-state index is 9.15. The van der Waals surface area contributed by atoms with E-state index in [4.69, 9.17) is 5.11 Å². The Hall–Kier alpha value is -1.32. The molecule has 0 saturated carbocycles. The molecule has 1 aromatic carbocycles. The molecule has 0 saturated heterocycles. The van der Waals surface area contributed by atoms with E-state index in [9.17, 15) is 0 Å². The van der Waals surface area contributed by atoms with Gasteiger partial charge in [0, 0.05) is 36.8 Å². The van der Waals surface area contributed by atoms with Crippen LogP contribution < -0.4 is 5.32 Å². The largest absolute Gasteiger partial charge is 0.396 e. The molecule has 0 fully saturated rings. The normalized spacial score (nSPS) is 13.1. The molecule has 2 N–H and O–H groups in total. The second-order valence-electron chi connectivity index (χ2n) is 4.89. The molecule has 0 amide bonds. The molecule has 0 aliphatic rings. The molecular formula is C15H22N2O. The molecule has 0 radical (unpaired) electrons. The Labute approximate surface area is 108 Å². The van der Waals surface area contributed by atoms with Gasteiger partial charge in [-0.15, -0.1) is 0 Å². The molecule has 0 aliphatic heterocycles. The Morgan fingerprint density at radius 3 is 2.89 bits per heavy atom. The van der Waals surface area contributed by atoms with E-state index in [1.165, 1.54) is 16.5 Å². The van der Waals surface area contributed by atoms with Crippen molar-refractivity contribution in [3.8, 4) is 0 Å². The van der Waals surface area contributed by atoms with Crippen molar-refractivity contribution in [2.75, 3.05) is 13.2 Å². The van der Waals surface area contributed by atoms with E-state index in [2.05, 4.69) is 54.2 Å². The van der Waals surface area contributed by atoms with E-state index in [-0.39, 0.29) is 12.5 Å². The second-order valence-corrected chi connectivity index (χ2v) is 4.89. The van der Waals surface area contributed by atoms with Crippen LogP contribution in [0.15, 0.2) is 30.5 Å². The molecule has 98 valence electrons. The lowest BCUT2D eigenvalue weighted by Gasteiger charge is -2.11. The predicted octanol–water partition coefficient (Wildman–Crippen LogP) is 2.38. The van der Waals surface area contributed by atoms with Gasteiger partial charge in [0.05, 0.1) is 0 Å². The maximum absolute atomic E-state index is 9.15. The molecule has 1 unspecified atom stereocenters. The average molecular weight is 246 g/mol. The Bertz CT molecular complexity index is 504. The molecule has 1 aromatic heterocycles. The summed E-state index contributed by atoms with van der Waals surface area (Å²) in [6.07, 6.45) is 2.12. The van der Waals surface area contributed by atoms with Crippen LogP contribution >= 0.6 is 0 Å². The van der Waals surface area contributed by atoms with Gasteiger partial charge in [0.1, 0.15) is 0 Å². The number of nitrogens with zero attached hydrogens (tertiary/aromatic N) is 1. The summed E-state index contributed by atoms with van der Waals surface area (Å²) in [5.74, 6) is 0.290. The van der Waals surface area contributed by atoms with E-state index >= 15 is 0 Å². The monoisotopic (exact) mass is 246 g/mol. The van der Waals surface area contributed by atoms with Gasteiger partial charge in [-0.25, -0.2) is 0 Å². The first-order chi connectivity index (χ1) is 8.76. The van der Waals surface area contributed by atoms with Crippen molar-refractivity contribution in [2.45, 2.75) is 26.9 Å². The summed E-state index contributed by atoms with van der Waals surface area (Å²) in [6.45, 7) is 7.18. The second kappa shape index (κ2) is 6.03. The molecule has 3 heteroatoms. The maximum Gasteiger partial charge on any atom is 0.0483 e. The topological polar surface area (TPSA) is 37.2 Å². The number of rotatable bonds is 6. The number of hydrogen-bond acceptors (Lipinski definition) is 2. The highest BCUT2D eigenvalue weighted by atomic mass is 16.3. The van der Waals surface area contributed by atoms with Crippen LogP contribution in [0.5, 0.6) is 0 Å². The number of hydrogen-bond donors (Lipinski definition) is 2. The van der Waals surface area contributed by atoms with Gasteiger partial charge in [-0.2, -0.15) is 0 Å². The van der Waals surface area contributed by atoms with Gasteiger partial charge in [0.25, 0.3) is 0 Å². The standard InChI is InChI=1S/C15H22N2O/c1-3-16-9-13-5-4-6-15-14(13)7-8-17(15)10-12(2)11-18/h4-8,12,16,18H,3,9-11H2,1-2H3. The van der Waals surface area contributed by atoms with Crippen LogP contribution in [0.1, 0.15) is 19.4 Å². The van der Waals surface area contributed by atoms with Crippen LogP contribution in [0.2, 0.25) is 0 Å². The van der Waals surface area contributed by atoms with Crippen LogP contribution in [-0.4, -0.2) is 22.8 Å². The van der Waals surface area contributed by atoms with Crippen molar-refractivity contribution in [1.82, 2.24) is 9.88 Å². The number of benzene rings is 1. The summed E-state index contributed by atoms with van der Waals surface area (Å²) in [7, 11) is 0. The minimum atomic E-state index is 0.233. The fourth-order valence-corrected chi connectivity index (χ4v) is 2.25. The third-order valence-corrected chi connectivity index (χ3v) is 3.29. The molecule has 0 aliphatic carbocycles. The summed E-state index contributed by atoms with van der Waals surface area (Å²) in [4.78, 5) is 0. The van der Waals surface area contributed by atoms with Crippen molar-refractivity contribution < 1.29 is 5.11 Å². The zero-order chi connectivity index (χ0) is 13.0. The van der Waals surface area contributed by atoms with Crippen molar-refractivity contribution >= 4 is 10.9 Å². The van der Waals surface area contributed by atoms with E-state index in [1.807, 2.05) is 0 Å². The van der Waals surface area contributed by atoms with E-state index in [0.29, 0.717) is 0 Å². The van der Waals surface area contributed by atoms with E-state index in [0.717, 1.165) is 19.6 Å². The number of aromatic nitrogens is 1. The molecular weight excluding hydrogens is 224 g/mol. The van der Waals surface area contributed by atoms with E-state index < -0.39 is 0 Å². The van der Waals surface area contributed by atoms with Gasteiger partial charge in [0.2, 0.25) is 0 Å². The van der Waals surface area contributed by atoms with Crippen molar-refractivity contribution in [2.24, 2.45) is 5.92 Å². The molecule has 2 rings (SSSR count). The third kappa shape index (κ3) is 2.74. The fourth-order valence-electron chi connectivity index (χ4n) is 2.25. The Kier molecular flexibility index (Phi) is 4.39. The molecule has 0 spiro atoms. The van der Waals surface area contributed by atoms with Gasteiger partial charge in [-0.1, -0.05) is 26.0 Å². The minimum Gasteiger partial charge on any atom is -0.396 e. The average Bonchev–Trinajstić information content (AvgIpc) is 2.80. The van der Waals surface area contributed by atoms with Gasteiger partial charge >= 0.3 is 0 Å². The summed E-state index contributed by atoms with van der Waals surface area (Å²) in [5.41, 5.74) is 2.59. The summed E-state index contributed by atoms with van der Waals surface area (Å²) in [6, 6.07) is 8.60. The summed E-state index contributed by atoms with van der Waals surface area (Å²) in [5, 5.41) is 13.8. The summed E-state index contributed by atoms with van der Waals surface area (Å²) >= 11 is 0. The highest BCUT2D eigenvalue weighted by Gasteiger charge is 2.07. The number of nitrogens with one attached hydrogen (secondary N) is 1. The first kappa shape index (κ1) is 13.1. The quantitative estimate of drug-likeness (QED) is 0.821. The number of aliphatic hydroxyl groups excluding tert-OH is 1. The Morgan fingerprint density at radius 2 is 2.17 bits per heavy atom. The van der Waals surface area contributed by atoms with Crippen LogP contribution in [0.4, 0.5) is 0 Å². The highest BCUT2D eigenvalue weighted by molar-refractivity contribution is 5.83. The predicted molar refractivity (Wildman–Crippen MR) is 75.6 cm³/mol. The van der Waals surface area contributed by atoms with Crippen molar-refractivity contribution in [3.05, 3.63) is 36.0 Å². The Balaban J connectivity index is 2.29. The zero-order valence-corrected chi connectivity index (χ0v) is 11.2. The van der Waals surface area contributed by atoms with Gasteiger partial charge < -0.3 is 15.0 Å². The third-order valence-electron chi connectivity index (χ3n) is 3.29. The SMILES string of the molecule is CCNCc1cccc2c1ccn2CC(C)CO.